The van der Waals surface area contributed by atoms with Gasteiger partial charge >= 0.3 is 23.9 Å². The SMILES string of the molecule is C=CC(=O)OCCCCCCOc1ccc(C(=O)Oc2ccc3c(c2)C(C)(C)c2cc(OC(=O)c4ccc(OC(=O)C=C)cc4F)ccc2-3)c(F)c1. The lowest BCUT2D eigenvalue weighted by atomic mass is 9.82. The average molecular weight is 711 g/mol. The molecule has 0 N–H and O–H groups in total. The maximum absolute atomic E-state index is 15.0. The summed E-state index contributed by atoms with van der Waals surface area (Å²) in [5.74, 6) is -4.14. The molecule has 0 heterocycles. The third-order valence-electron chi connectivity index (χ3n) is 8.46. The van der Waals surface area contributed by atoms with Gasteiger partial charge in [-0.05, 0) is 96.5 Å². The topological polar surface area (TPSA) is 114 Å². The van der Waals surface area contributed by atoms with Crippen LogP contribution in [0.2, 0.25) is 0 Å². The second-order valence-corrected chi connectivity index (χ2v) is 12.4. The third kappa shape index (κ3) is 8.60. The van der Waals surface area contributed by atoms with Crippen molar-refractivity contribution in [3.63, 3.8) is 0 Å². The van der Waals surface area contributed by atoms with Gasteiger partial charge in [-0.25, -0.2) is 28.0 Å². The minimum absolute atomic E-state index is 0.0867. The number of hydrogen-bond donors (Lipinski definition) is 0. The largest absolute Gasteiger partial charge is 0.493 e. The molecule has 0 bridgehead atoms. The molecular weight excluding hydrogens is 674 g/mol. The Labute approximate surface area is 299 Å². The standard InChI is InChI=1S/C41H36F2O9/c1-5-37(44)49-20-10-8-7-9-19-48-25-11-17-31(35(42)23-25)39(46)51-26-12-15-29-30-16-13-27(22-34(30)41(3,4)33(29)21-26)52-40(47)32-18-14-28(24-36(32)43)50-38(45)6-2/h5-6,11-18,21-24H,1-2,7-10,19-20H2,3-4H3. The zero-order chi connectivity index (χ0) is 37.4. The maximum atomic E-state index is 15.0. The van der Waals surface area contributed by atoms with Gasteiger partial charge in [0.1, 0.15) is 34.6 Å². The molecule has 0 radical (unpaired) electrons. The number of halogens is 2. The summed E-state index contributed by atoms with van der Waals surface area (Å²) in [6, 6.07) is 17.5. The van der Waals surface area contributed by atoms with Crippen molar-refractivity contribution in [2.75, 3.05) is 13.2 Å². The summed E-state index contributed by atoms with van der Waals surface area (Å²) in [4.78, 5) is 48.3. The predicted octanol–water partition coefficient (Wildman–Crippen LogP) is 8.47. The van der Waals surface area contributed by atoms with Crippen molar-refractivity contribution in [1.29, 1.82) is 0 Å². The van der Waals surface area contributed by atoms with E-state index in [1.165, 1.54) is 18.2 Å². The van der Waals surface area contributed by atoms with Crippen molar-refractivity contribution in [2.45, 2.75) is 44.9 Å². The van der Waals surface area contributed by atoms with Gasteiger partial charge in [0.25, 0.3) is 0 Å². The molecule has 5 rings (SSSR count). The van der Waals surface area contributed by atoms with Gasteiger partial charge in [-0.2, -0.15) is 0 Å². The van der Waals surface area contributed by atoms with Crippen molar-refractivity contribution in [2.24, 2.45) is 0 Å². The Morgan fingerprint density at radius 3 is 1.58 bits per heavy atom. The van der Waals surface area contributed by atoms with Crippen molar-refractivity contribution in [3.8, 4) is 34.1 Å². The number of carbonyl (C=O) groups excluding carboxylic acids is 4. The van der Waals surface area contributed by atoms with Crippen LogP contribution in [0, 0.1) is 11.6 Å². The number of esters is 4. The Hall–Kier alpha value is -6.10. The fourth-order valence-electron chi connectivity index (χ4n) is 5.76. The Morgan fingerprint density at radius 2 is 1.06 bits per heavy atom. The van der Waals surface area contributed by atoms with E-state index in [1.807, 2.05) is 13.8 Å². The van der Waals surface area contributed by atoms with E-state index in [0.29, 0.717) is 13.2 Å². The molecular formula is C41H36F2O9. The Kier molecular flexibility index (Phi) is 11.6. The first-order valence-corrected chi connectivity index (χ1v) is 16.5. The van der Waals surface area contributed by atoms with Crippen LogP contribution in [0.3, 0.4) is 0 Å². The molecule has 4 aromatic carbocycles. The molecule has 0 saturated carbocycles. The zero-order valence-corrected chi connectivity index (χ0v) is 28.7. The van der Waals surface area contributed by atoms with Gasteiger partial charge in [-0.3, -0.25) is 0 Å². The smallest absolute Gasteiger partial charge is 0.346 e. The first-order chi connectivity index (χ1) is 24.9. The molecule has 0 unspecified atom stereocenters. The molecule has 11 heteroatoms. The zero-order valence-electron chi connectivity index (χ0n) is 28.7. The molecule has 268 valence electrons. The van der Waals surface area contributed by atoms with Crippen molar-refractivity contribution < 1.29 is 51.6 Å². The van der Waals surface area contributed by atoms with Gasteiger partial charge in [0, 0.05) is 29.7 Å². The van der Waals surface area contributed by atoms with Gasteiger partial charge in [-0.1, -0.05) is 39.1 Å². The minimum atomic E-state index is -0.939. The van der Waals surface area contributed by atoms with Crippen LogP contribution in [0.5, 0.6) is 23.0 Å². The predicted molar refractivity (Wildman–Crippen MR) is 188 cm³/mol. The second kappa shape index (κ2) is 16.3. The van der Waals surface area contributed by atoms with Gasteiger partial charge in [0.2, 0.25) is 0 Å². The van der Waals surface area contributed by atoms with E-state index < -0.39 is 40.9 Å². The summed E-state index contributed by atoms with van der Waals surface area (Å²) in [6.07, 6.45) is 5.17. The van der Waals surface area contributed by atoms with Crippen molar-refractivity contribution in [1.82, 2.24) is 0 Å². The summed E-state index contributed by atoms with van der Waals surface area (Å²) in [5.41, 5.74) is 2.17. The number of carbonyl (C=O) groups is 4. The van der Waals surface area contributed by atoms with E-state index in [2.05, 4.69) is 13.2 Å². The minimum Gasteiger partial charge on any atom is -0.493 e. The molecule has 4 aromatic rings. The average Bonchev–Trinajstić information content (AvgIpc) is 3.34. The first kappa shape index (κ1) is 37.2. The molecule has 0 saturated heterocycles. The van der Waals surface area contributed by atoms with E-state index in [0.717, 1.165) is 78.3 Å². The highest BCUT2D eigenvalue weighted by Gasteiger charge is 2.36. The van der Waals surface area contributed by atoms with E-state index in [9.17, 15) is 28.0 Å². The lowest BCUT2D eigenvalue weighted by Crippen LogP contribution is -2.17. The lowest BCUT2D eigenvalue weighted by molar-refractivity contribution is -0.137. The Morgan fingerprint density at radius 1 is 0.596 bits per heavy atom. The van der Waals surface area contributed by atoms with Crippen molar-refractivity contribution >= 4 is 23.9 Å². The van der Waals surface area contributed by atoms with Crippen LogP contribution in [-0.4, -0.2) is 37.1 Å². The van der Waals surface area contributed by atoms with E-state index in [-0.39, 0.29) is 34.1 Å². The third-order valence-corrected chi connectivity index (χ3v) is 8.46. The molecule has 0 atom stereocenters. The number of hydrogen-bond acceptors (Lipinski definition) is 9. The Balaban J connectivity index is 1.19. The van der Waals surface area contributed by atoms with Gasteiger partial charge in [0.05, 0.1) is 24.3 Å². The normalized spacial score (nSPS) is 12.2. The monoisotopic (exact) mass is 710 g/mol. The second-order valence-electron chi connectivity index (χ2n) is 12.4. The number of ether oxygens (including phenoxy) is 5. The van der Waals surface area contributed by atoms with Crippen LogP contribution in [0.25, 0.3) is 11.1 Å². The van der Waals surface area contributed by atoms with Crippen LogP contribution in [0.4, 0.5) is 8.78 Å². The van der Waals surface area contributed by atoms with Crippen LogP contribution in [0.15, 0.2) is 98.1 Å². The molecule has 0 spiro atoms. The fourth-order valence-corrected chi connectivity index (χ4v) is 5.76. The maximum Gasteiger partial charge on any atom is 0.346 e. The number of benzene rings is 4. The molecule has 1 aliphatic carbocycles. The van der Waals surface area contributed by atoms with Gasteiger partial charge in [0.15, 0.2) is 0 Å². The quantitative estimate of drug-likeness (QED) is 0.0519. The number of unbranched alkanes of at least 4 members (excludes halogenated alkanes) is 3. The highest BCUT2D eigenvalue weighted by atomic mass is 19.1. The van der Waals surface area contributed by atoms with Crippen LogP contribution in [0.1, 0.15) is 71.4 Å². The summed E-state index contributed by atoms with van der Waals surface area (Å²) < 4.78 is 56.2. The van der Waals surface area contributed by atoms with Gasteiger partial charge < -0.3 is 23.7 Å². The molecule has 0 amide bonds. The van der Waals surface area contributed by atoms with Gasteiger partial charge in [-0.15, -0.1) is 0 Å². The summed E-state index contributed by atoms with van der Waals surface area (Å²) >= 11 is 0. The Bertz CT molecular complexity index is 2050. The van der Waals surface area contributed by atoms with E-state index >= 15 is 0 Å². The molecule has 0 fully saturated rings. The lowest BCUT2D eigenvalue weighted by Gasteiger charge is -2.22. The van der Waals surface area contributed by atoms with Crippen LogP contribution in [-0.2, 0) is 19.7 Å². The van der Waals surface area contributed by atoms with E-state index in [1.54, 1.807) is 36.4 Å². The van der Waals surface area contributed by atoms with Crippen LogP contribution >= 0.6 is 0 Å². The first-order valence-electron chi connectivity index (χ1n) is 16.5. The molecule has 1 aliphatic rings. The number of fused-ring (bicyclic) bond motifs is 3. The highest BCUT2D eigenvalue weighted by Crippen LogP contribution is 2.50. The molecule has 9 nitrogen and oxygen atoms in total. The summed E-state index contributed by atoms with van der Waals surface area (Å²) in [7, 11) is 0. The number of rotatable bonds is 15. The van der Waals surface area contributed by atoms with E-state index in [4.69, 9.17) is 23.7 Å². The molecule has 52 heavy (non-hydrogen) atoms. The molecule has 0 aliphatic heterocycles. The van der Waals surface area contributed by atoms with Crippen LogP contribution < -0.4 is 18.9 Å². The highest BCUT2D eigenvalue weighted by molar-refractivity contribution is 5.93. The van der Waals surface area contributed by atoms with Crippen molar-refractivity contribution in [3.05, 3.63) is 132 Å². The summed E-state index contributed by atoms with van der Waals surface area (Å²) in [5, 5.41) is 0. The summed E-state index contributed by atoms with van der Waals surface area (Å²) in [6.45, 7) is 11.2. The molecule has 0 aromatic heterocycles. The fraction of sp³-hybridized carbons (Fsp3) is 0.220.